The van der Waals surface area contributed by atoms with Crippen LogP contribution in [0.1, 0.15) is 58.2 Å². The molecule has 0 spiro atoms. The van der Waals surface area contributed by atoms with Crippen molar-refractivity contribution in [3.8, 4) is 0 Å². The second-order valence-electron chi connectivity index (χ2n) is 10.6. The maximum absolute atomic E-state index is 14.0. The van der Waals surface area contributed by atoms with E-state index in [1.165, 1.54) is 4.90 Å². The number of hydrogen-bond donors (Lipinski definition) is 2. The summed E-state index contributed by atoms with van der Waals surface area (Å²) in [6, 6.07) is 28.2. The summed E-state index contributed by atoms with van der Waals surface area (Å²) < 4.78 is 11.2. The zero-order chi connectivity index (χ0) is 27.3. The van der Waals surface area contributed by atoms with Crippen molar-refractivity contribution in [2.75, 3.05) is 0 Å². The minimum Gasteiger partial charge on any atom is -0.444 e. The molecule has 0 saturated carbocycles. The predicted octanol–water partition coefficient (Wildman–Crippen LogP) is 6.68. The van der Waals surface area contributed by atoms with Crippen LogP contribution in [0, 0.1) is 5.41 Å². The van der Waals surface area contributed by atoms with Crippen molar-refractivity contribution in [1.82, 2.24) is 10.2 Å². The molecule has 0 heterocycles. The summed E-state index contributed by atoms with van der Waals surface area (Å²) in [4.78, 5) is 28.0. The monoisotopic (exact) mass is 501 g/mol. The third kappa shape index (κ3) is 6.55. The lowest BCUT2D eigenvalue weighted by atomic mass is 9.75. The Morgan fingerprint density at radius 1 is 0.649 bits per heavy atom. The van der Waals surface area contributed by atoms with Crippen LogP contribution in [0.3, 0.4) is 0 Å². The van der Waals surface area contributed by atoms with E-state index in [1.807, 2.05) is 91.0 Å². The molecule has 0 aliphatic carbocycles. The number of amides is 2. The smallest absolute Gasteiger partial charge is 0.418 e. The number of guanidine groups is 1. The molecule has 2 N–H and O–H groups in total. The first-order chi connectivity index (χ1) is 17.3. The van der Waals surface area contributed by atoms with Crippen LogP contribution in [0.25, 0.3) is 0 Å². The van der Waals surface area contributed by atoms with Crippen LogP contribution in [-0.2, 0) is 15.0 Å². The first kappa shape index (κ1) is 27.5. The second-order valence-corrected chi connectivity index (χ2v) is 10.6. The predicted molar refractivity (Wildman–Crippen MR) is 144 cm³/mol. The van der Waals surface area contributed by atoms with Crippen LogP contribution in [-0.4, -0.2) is 34.2 Å². The van der Waals surface area contributed by atoms with Crippen molar-refractivity contribution < 1.29 is 19.1 Å². The van der Waals surface area contributed by atoms with Gasteiger partial charge in [0.05, 0.1) is 0 Å². The van der Waals surface area contributed by atoms with E-state index in [0.29, 0.717) is 16.7 Å². The normalized spacial score (nSPS) is 11.8. The molecule has 0 aliphatic rings. The summed E-state index contributed by atoms with van der Waals surface area (Å²) in [5.41, 5.74) is -0.913. The lowest BCUT2D eigenvalue weighted by Crippen LogP contribution is -2.59. The van der Waals surface area contributed by atoms with Crippen molar-refractivity contribution >= 4 is 18.1 Å². The Balaban J connectivity index is 2.34. The Kier molecular flexibility index (Phi) is 8.06. The van der Waals surface area contributed by atoms with E-state index in [0.717, 1.165) is 0 Å². The van der Waals surface area contributed by atoms with E-state index in [9.17, 15) is 9.59 Å². The topological polar surface area (TPSA) is 91.7 Å². The molecule has 0 radical (unpaired) electrons. The summed E-state index contributed by atoms with van der Waals surface area (Å²) in [6.45, 7) is 10.4. The van der Waals surface area contributed by atoms with E-state index in [4.69, 9.17) is 14.9 Å². The van der Waals surface area contributed by atoms with E-state index in [1.54, 1.807) is 41.5 Å². The van der Waals surface area contributed by atoms with Crippen molar-refractivity contribution in [2.24, 2.45) is 0 Å². The first-order valence-corrected chi connectivity index (χ1v) is 12.1. The maximum atomic E-state index is 14.0. The number of carbonyl (C=O) groups excluding carboxylic acids is 2. The maximum Gasteiger partial charge on any atom is 0.418 e. The van der Waals surface area contributed by atoms with Crippen LogP contribution in [0.5, 0.6) is 0 Å². The van der Waals surface area contributed by atoms with E-state index >= 15 is 0 Å². The SMILES string of the molecule is CC(C)(C)OC(=O)NC(=N)N(C(=O)OC(C)(C)C)C(c1ccccc1)(c1ccccc1)c1ccccc1. The van der Waals surface area contributed by atoms with E-state index in [-0.39, 0.29) is 0 Å². The molecule has 194 valence electrons. The summed E-state index contributed by atoms with van der Waals surface area (Å²) in [6.07, 6.45) is -1.65. The van der Waals surface area contributed by atoms with Gasteiger partial charge in [-0.25, -0.2) is 14.5 Å². The molecule has 0 saturated heterocycles. The molecule has 0 bridgehead atoms. The summed E-state index contributed by atoms with van der Waals surface area (Å²) in [5, 5.41) is 11.5. The molecule has 7 nitrogen and oxygen atoms in total. The Morgan fingerprint density at radius 3 is 1.32 bits per heavy atom. The highest BCUT2D eigenvalue weighted by Gasteiger charge is 2.49. The average molecular weight is 502 g/mol. The standard InChI is InChI=1S/C30H35N3O4/c1-28(2,3)36-26(34)32-25(31)33(27(35)37-29(4,5)6)30(22-16-10-7-11-17-22,23-18-12-8-13-19-23)24-20-14-9-15-21-24/h7-21H,1-6H3,(H2,31,32,34). The molecular formula is C30H35N3O4. The van der Waals surface area contributed by atoms with Crippen molar-refractivity contribution in [3.63, 3.8) is 0 Å². The summed E-state index contributed by atoms with van der Waals surface area (Å²) in [7, 11) is 0. The zero-order valence-electron chi connectivity index (χ0n) is 22.2. The van der Waals surface area contributed by atoms with Crippen LogP contribution in [0.4, 0.5) is 9.59 Å². The van der Waals surface area contributed by atoms with Crippen molar-refractivity contribution in [2.45, 2.75) is 58.3 Å². The minimum absolute atomic E-state index is 0.486. The molecule has 0 unspecified atom stereocenters. The van der Waals surface area contributed by atoms with Gasteiger partial charge in [-0.2, -0.15) is 0 Å². The lowest BCUT2D eigenvalue weighted by molar-refractivity contribution is 0.0253. The van der Waals surface area contributed by atoms with Gasteiger partial charge in [-0.3, -0.25) is 10.7 Å². The Morgan fingerprint density at radius 2 is 1.00 bits per heavy atom. The van der Waals surface area contributed by atoms with Gasteiger partial charge in [0, 0.05) is 0 Å². The molecule has 3 rings (SSSR count). The molecule has 7 heteroatoms. The minimum atomic E-state index is -1.36. The Bertz CT molecular complexity index is 1120. The summed E-state index contributed by atoms with van der Waals surface area (Å²) in [5.74, 6) is -0.486. The van der Waals surface area contributed by atoms with Gasteiger partial charge in [-0.15, -0.1) is 0 Å². The van der Waals surface area contributed by atoms with Gasteiger partial charge in [0.25, 0.3) is 0 Å². The molecule has 3 aromatic carbocycles. The van der Waals surface area contributed by atoms with Gasteiger partial charge in [-0.1, -0.05) is 91.0 Å². The number of alkyl carbamates (subject to hydrolysis) is 1. The first-order valence-electron chi connectivity index (χ1n) is 12.1. The van der Waals surface area contributed by atoms with Gasteiger partial charge in [0.1, 0.15) is 16.7 Å². The van der Waals surface area contributed by atoms with Crippen LogP contribution >= 0.6 is 0 Å². The molecule has 0 atom stereocenters. The largest absolute Gasteiger partial charge is 0.444 e. The van der Waals surface area contributed by atoms with Crippen molar-refractivity contribution in [3.05, 3.63) is 108 Å². The number of nitrogens with one attached hydrogen (secondary N) is 2. The van der Waals surface area contributed by atoms with E-state index < -0.39 is 34.9 Å². The second kappa shape index (κ2) is 10.9. The number of nitrogens with zero attached hydrogens (tertiary/aromatic N) is 1. The van der Waals surface area contributed by atoms with Gasteiger partial charge in [-0.05, 0) is 58.2 Å². The molecule has 3 aromatic rings. The fraction of sp³-hybridized carbons (Fsp3) is 0.300. The fourth-order valence-electron chi connectivity index (χ4n) is 4.09. The van der Waals surface area contributed by atoms with Crippen molar-refractivity contribution in [1.29, 1.82) is 5.41 Å². The molecular weight excluding hydrogens is 466 g/mol. The fourth-order valence-corrected chi connectivity index (χ4v) is 4.09. The van der Waals surface area contributed by atoms with Gasteiger partial charge < -0.3 is 9.47 Å². The Labute approximate surface area is 218 Å². The molecule has 2 amide bonds. The third-order valence-electron chi connectivity index (χ3n) is 5.33. The number of rotatable bonds is 4. The highest BCUT2D eigenvalue weighted by molar-refractivity contribution is 6.01. The number of ether oxygens (including phenoxy) is 2. The molecule has 0 fully saturated rings. The third-order valence-corrected chi connectivity index (χ3v) is 5.33. The number of hydrogen-bond acceptors (Lipinski definition) is 5. The summed E-state index contributed by atoms with van der Waals surface area (Å²) >= 11 is 0. The van der Waals surface area contributed by atoms with Crippen LogP contribution in [0.2, 0.25) is 0 Å². The highest BCUT2D eigenvalue weighted by Crippen LogP contribution is 2.43. The van der Waals surface area contributed by atoms with Gasteiger partial charge in [0.15, 0.2) is 0 Å². The quantitative estimate of drug-likeness (QED) is 0.237. The molecule has 0 aliphatic heterocycles. The van der Waals surface area contributed by atoms with Crippen LogP contribution < -0.4 is 5.32 Å². The zero-order valence-corrected chi connectivity index (χ0v) is 22.2. The lowest BCUT2D eigenvalue weighted by Gasteiger charge is -2.45. The Hall–Kier alpha value is -4.13. The molecule has 0 aromatic heterocycles. The highest BCUT2D eigenvalue weighted by atomic mass is 16.6. The van der Waals surface area contributed by atoms with Crippen LogP contribution in [0.15, 0.2) is 91.0 Å². The van der Waals surface area contributed by atoms with Gasteiger partial charge >= 0.3 is 12.2 Å². The van der Waals surface area contributed by atoms with E-state index in [2.05, 4.69) is 5.32 Å². The van der Waals surface area contributed by atoms with Gasteiger partial charge in [0.2, 0.25) is 5.96 Å². The molecule has 37 heavy (non-hydrogen) atoms. The average Bonchev–Trinajstić information content (AvgIpc) is 2.81. The number of benzene rings is 3. The number of carbonyl (C=O) groups is 2.